The highest BCUT2D eigenvalue weighted by Gasteiger charge is 2.57. The number of allylic oxidation sites excluding steroid dienone is 1. The van der Waals surface area contributed by atoms with Crippen molar-refractivity contribution in [1.29, 1.82) is 0 Å². The zero-order valence-corrected chi connectivity index (χ0v) is 53.1. The van der Waals surface area contributed by atoms with Crippen molar-refractivity contribution in [1.82, 2.24) is 5.32 Å². The summed E-state index contributed by atoms with van der Waals surface area (Å²) in [5.41, 5.74) is 0. The molecule has 0 aliphatic carbocycles. The molecular formula is C62H113NO27. The van der Waals surface area contributed by atoms with Gasteiger partial charge in [0, 0.05) is 24.7 Å². The monoisotopic (exact) mass is 1300 g/mol. The summed E-state index contributed by atoms with van der Waals surface area (Å²) in [7, 11) is 0. The second kappa shape index (κ2) is 41.3. The lowest BCUT2D eigenvalue weighted by Crippen LogP contribution is -2.67. The summed E-state index contributed by atoms with van der Waals surface area (Å²) in [6.45, 7) is 2.43. The van der Waals surface area contributed by atoms with Gasteiger partial charge < -0.3 is 134 Å². The molecule has 10 unspecified atom stereocenters. The Kier molecular flexibility index (Phi) is 36.2. The molecule has 0 bridgehead atoms. The molecule has 28 nitrogen and oxygen atoms in total. The summed E-state index contributed by atoms with van der Waals surface area (Å²) < 4.78 is 60.6. The van der Waals surface area contributed by atoms with Gasteiger partial charge in [-0.3, -0.25) is 4.79 Å². The first-order valence-electron chi connectivity index (χ1n) is 33.2. The number of rotatable bonds is 41. The maximum atomic E-state index is 13.3. The van der Waals surface area contributed by atoms with E-state index >= 15 is 0 Å². The van der Waals surface area contributed by atoms with Crippen LogP contribution in [-0.4, -0.2) is 287 Å². The van der Waals surface area contributed by atoms with Gasteiger partial charge in [0.25, 0.3) is 0 Å². The number of unbranched alkanes of at least 4 members (excludes halogenated alkanes) is 17. The van der Waals surface area contributed by atoms with Crippen LogP contribution in [0, 0.1) is 11.8 Å². The fraction of sp³-hybridized carbons (Fsp3) is 0.952. The van der Waals surface area contributed by atoms with Crippen LogP contribution >= 0.6 is 0 Å². The van der Waals surface area contributed by atoms with Crippen molar-refractivity contribution in [3.8, 4) is 0 Å². The maximum Gasteiger partial charge on any atom is 0.220 e. The third kappa shape index (κ3) is 22.9. The molecule has 0 radical (unpaired) electrons. The van der Waals surface area contributed by atoms with E-state index in [2.05, 4.69) is 19.2 Å². The Balaban J connectivity index is 1.33. The summed E-state index contributed by atoms with van der Waals surface area (Å²) >= 11 is 0. The predicted octanol–water partition coefficient (Wildman–Crippen LogP) is -1.36. The van der Waals surface area contributed by atoms with Gasteiger partial charge in [0.15, 0.2) is 31.5 Å². The Morgan fingerprint density at radius 1 is 0.500 bits per heavy atom. The SMILES string of the molecule is CCCCCCCCCCCCC/C=C/[C@@H](O)[C@H](CO[C@@H]1OC(CO)[C@@H](O[C@@H]2OC(CO)[C@H](O[C@@H]3OC(CO)[C@H](O)[C@H](O[C@@H]4OC(CO)[C@H](O)[C@H](O)C4O)C3C)[C@H](OC3C[C@@H](O)[C@@H](C)C([C@H](O)[C@H](O)CO)O3)C2O)[C@H](O)C1O)NC(=O)CCCCCCCCC. The maximum absolute atomic E-state index is 13.3. The van der Waals surface area contributed by atoms with Crippen molar-refractivity contribution in [3.05, 3.63) is 12.2 Å². The minimum atomic E-state index is -2.10. The minimum Gasteiger partial charge on any atom is -0.394 e. The van der Waals surface area contributed by atoms with Crippen LogP contribution < -0.4 is 5.32 Å². The van der Waals surface area contributed by atoms with Crippen molar-refractivity contribution in [3.63, 3.8) is 0 Å². The molecule has 1 amide bonds. The summed E-state index contributed by atoms with van der Waals surface area (Å²) in [5.74, 6) is -2.37. The first-order chi connectivity index (χ1) is 43.2. The summed E-state index contributed by atoms with van der Waals surface area (Å²) in [4.78, 5) is 13.3. The Morgan fingerprint density at radius 3 is 1.58 bits per heavy atom. The molecule has 28 heteroatoms. The normalized spacial score (nSPS) is 38.3. The van der Waals surface area contributed by atoms with Crippen molar-refractivity contribution < 1.29 is 134 Å². The lowest BCUT2D eigenvalue weighted by Gasteiger charge is -2.51. The average molecular weight is 1300 g/mol. The highest BCUT2D eigenvalue weighted by Crippen LogP contribution is 2.39. The van der Waals surface area contributed by atoms with E-state index in [0.717, 1.165) is 57.8 Å². The summed E-state index contributed by atoms with van der Waals surface area (Å²) in [6, 6.07) is -1.04. The van der Waals surface area contributed by atoms with Crippen LogP contribution in [0.1, 0.15) is 163 Å². The van der Waals surface area contributed by atoms with Gasteiger partial charge in [0.1, 0.15) is 97.7 Å². The average Bonchev–Trinajstić information content (AvgIpc) is 0.846. The number of aliphatic hydroxyl groups is 16. The first-order valence-corrected chi connectivity index (χ1v) is 33.2. The molecule has 5 aliphatic heterocycles. The van der Waals surface area contributed by atoms with Crippen molar-refractivity contribution in [2.75, 3.05) is 39.6 Å². The van der Waals surface area contributed by atoms with Crippen molar-refractivity contribution in [2.24, 2.45) is 11.8 Å². The Labute approximate surface area is 529 Å². The summed E-state index contributed by atoms with van der Waals surface area (Å²) in [6.07, 6.45) is -18.5. The molecule has 5 heterocycles. The molecule has 5 aliphatic rings. The Bertz CT molecular complexity index is 1950. The molecule has 0 spiro atoms. The molecule has 0 aromatic heterocycles. The molecule has 0 aromatic rings. The predicted molar refractivity (Wildman–Crippen MR) is 318 cm³/mol. The van der Waals surface area contributed by atoms with Gasteiger partial charge >= 0.3 is 0 Å². The number of carbonyl (C=O) groups excluding carboxylic acids is 1. The van der Waals surface area contributed by atoms with Gasteiger partial charge in [0.2, 0.25) is 5.91 Å². The molecular weight excluding hydrogens is 1190 g/mol. The fourth-order valence-electron chi connectivity index (χ4n) is 12.3. The number of amides is 1. The molecule has 17 N–H and O–H groups in total. The van der Waals surface area contributed by atoms with Crippen LogP contribution in [0.3, 0.4) is 0 Å². The largest absolute Gasteiger partial charge is 0.394 e. The molecule has 28 atom stereocenters. The standard InChI is InChI=1S/C62H113NO27/c1-5-7-9-11-13-14-15-16-17-18-20-21-23-25-37(69)36(63-44(72)26-24-22-19-12-10-8-6-2)33-81-60-52(79)50(77)56(42(31-67)84-60)89-62-53(80)58(87-45-27-38(70)34(3)54(86-45)46(73)39(71)28-64)57(43(32-68)85-62)90-59-35(4)55(48(75)41(30-66)82-59)88-61-51(78)49(76)47(74)40(29-65)83-61/h23,25,34-43,45-62,64-71,73-80H,5-22,24,26-33H2,1-4H3,(H,63,72)/b25-23+/t34-,35?,36+,37-,38-,39-,40?,41?,42?,43?,45?,46-,47+,48+,49+,50-,51?,52?,53?,54?,55-,56-,57+,58-,59+,60-,61+,62+/m1/s1. The molecule has 5 rings (SSSR count). The second-order valence-electron chi connectivity index (χ2n) is 25.2. The molecule has 5 saturated heterocycles. The quantitative estimate of drug-likeness (QED) is 0.0248. The van der Waals surface area contributed by atoms with E-state index in [-0.39, 0.29) is 18.7 Å². The number of carbonyl (C=O) groups is 1. The van der Waals surface area contributed by atoms with Crippen LogP contribution in [0.4, 0.5) is 0 Å². The third-order valence-corrected chi connectivity index (χ3v) is 18.1. The lowest BCUT2D eigenvalue weighted by atomic mass is 9.87. The van der Waals surface area contributed by atoms with Crippen LogP contribution in [0.5, 0.6) is 0 Å². The number of aliphatic hydroxyl groups excluding tert-OH is 16. The third-order valence-electron chi connectivity index (χ3n) is 18.1. The van der Waals surface area contributed by atoms with Crippen LogP contribution in [0.25, 0.3) is 0 Å². The van der Waals surface area contributed by atoms with E-state index in [1.54, 1.807) is 6.08 Å². The minimum absolute atomic E-state index is 0.191. The van der Waals surface area contributed by atoms with Gasteiger partial charge in [-0.1, -0.05) is 143 Å². The second-order valence-corrected chi connectivity index (χ2v) is 25.2. The van der Waals surface area contributed by atoms with E-state index < -0.39 is 211 Å². The smallest absolute Gasteiger partial charge is 0.220 e. The number of nitrogens with one attached hydrogen (secondary N) is 1. The van der Waals surface area contributed by atoms with E-state index in [0.29, 0.717) is 12.8 Å². The number of hydrogen-bond donors (Lipinski definition) is 17. The number of ether oxygens (including phenoxy) is 10. The first kappa shape index (κ1) is 78.9. The van der Waals surface area contributed by atoms with Gasteiger partial charge in [0.05, 0.1) is 70.1 Å². The molecule has 528 valence electrons. The van der Waals surface area contributed by atoms with Crippen LogP contribution in [0.15, 0.2) is 12.2 Å². The zero-order chi connectivity index (χ0) is 66.0. The Hall–Kier alpha value is -1.83. The van der Waals surface area contributed by atoms with E-state index in [1.165, 1.54) is 65.2 Å². The van der Waals surface area contributed by atoms with Gasteiger partial charge in [-0.2, -0.15) is 0 Å². The fourth-order valence-corrected chi connectivity index (χ4v) is 12.3. The highest BCUT2D eigenvalue weighted by molar-refractivity contribution is 5.76. The van der Waals surface area contributed by atoms with Gasteiger partial charge in [-0.15, -0.1) is 0 Å². The molecule has 0 aromatic carbocycles. The Morgan fingerprint density at radius 2 is 0.989 bits per heavy atom. The van der Waals surface area contributed by atoms with E-state index in [4.69, 9.17) is 47.4 Å². The highest BCUT2D eigenvalue weighted by atomic mass is 16.8. The van der Waals surface area contributed by atoms with E-state index in [9.17, 15) is 86.5 Å². The van der Waals surface area contributed by atoms with Gasteiger partial charge in [-0.05, 0) is 19.3 Å². The molecule has 5 fully saturated rings. The van der Waals surface area contributed by atoms with E-state index in [1.807, 2.05) is 6.08 Å². The van der Waals surface area contributed by atoms with Crippen molar-refractivity contribution in [2.45, 2.75) is 322 Å². The van der Waals surface area contributed by atoms with Crippen LogP contribution in [-0.2, 0) is 52.2 Å². The molecule has 90 heavy (non-hydrogen) atoms. The molecule has 0 saturated carbocycles. The van der Waals surface area contributed by atoms with Crippen LogP contribution in [0.2, 0.25) is 0 Å². The van der Waals surface area contributed by atoms with Gasteiger partial charge in [-0.25, -0.2) is 0 Å². The number of hydrogen-bond acceptors (Lipinski definition) is 27. The lowest BCUT2D eigenvalue weighted by molar-refractivity contribution is -0.396. The summed E-state index contributed by atoms with van der Waals surface area (Å²) in [5, 5.41) is 178. The topological polar surface area (TPSA) is 445 Å². The zero-order valence-electron chi connectivity index (χ0n) is 53.1. The van der Waals surface area contributed by atoms with Crippen molar-refractivity contribution >= 4 is 5.91 Å².